The highest BCUT2D eigenvalue weighted by atomic mass is 32.2. The Morgan fingerprint density at radius 2 is 2.06 bits per heavy atom. The van der Waals surface area contributed by atoms with Crippen LogP contribution in [0, 0.1) is 19.8 Å². The third-order valence-electron chi connectivity index (χ3n) is 5.56. The number of carbonyl (C=O) groups is 1. The predicted molar refractivity (Wildman–Crippen MR) is 118 cm³/mol. The van der Waals surface area contributed by atoms with Gasteiger partial charge in [0, 0.05) is 24.7 Å². The van der Waals surface area contributed by atoms with Gasteiger partial charge in [0.05, 0.1) is 18.2 Å². The van der Waals surface area contributed by atoms with Crippen molar-refractivity contribution in [2.45, 2.75) is 44.7 Å². The molecule has 3 N–H and O–H groups in total. The van der Waals surface area contributed by atoms with E-state index in [1.807, 2.05) is 14.0 Å². The van der Waals surface area contributed by atoms with E-state index in [4.69, 9.17) is 9.26 Å². The Bertz CT molecular complexity index is 1060. The maximum absolute atomic E-state index is 13.4. The highest BCUT2D eigenvalue weighted by molar-refractivity contribution is 7.92. The number of aliphatic hydroxyl groups is 1. The van der Waals surface area contributed by atoms with E-state index in [1.54, 1.807) is 30.9 Å². The van der Waals surface area contributed by atoms with Crippen LogP contribution in [0.4, 0.5) is 5.69 Å². The number of aryl methyl sites for hydroxylation is 2. The molecule has 0 unspecified atom stereocenters. The quantitative estimate of drug-likeness (QED) is 0.559. The standard InChI is InChI=1S/C21H30N4O6S/c1-12-10-25(13(2)11-26)21(27)17-8-16(6-7-18(17)30-19(12)9-22-5)24-32(28,29)20-14(3)23-31-15(20)4/h6-8,12-13,19,22,24,26H,9-11H2,1-5H3/t12-,13+,19+/m1/s1. The third-order valence-corrected chi connectivity index (χ3v) is 7.18. The average Bonchev–Trinajstić information content (AvgIpc) is 3.09. The van der Waals surface area contributed by atoms with Crippen molar-refractivity contribution in [1.82, 2.24) is 15.4 Å². The van der Waals surface area contributed by atoms with Crippen LogP contribution in [-0.4, -0.2) is 68.4 Å². The van der Waals surface area contributed by atoms with Crippen molar-refractivity contribution in [3.05, 3.63) is 35.2 Å². The van der Waals surface area contributed by atoms with Gasteiger partial charge in [-0.05, 0) is 46.0 Å². The smallest absolute Gasteiger partial charge is 0.267 e. The molecular weight excluding hydrogens is 436 g/mol. The summed E-state index contributed by atoms with van der Waals surface area (Å²) in [5, 5.41) is 16.5. The molecule has 1 aliphatic heterocycles. The average molecular weight is 467 g/mol. The van der Waals surface area contributed by atoms with Crippen molar-refractivity contribution in [3.8, 4) is 5.75 Å². The maximum atomic E-state index is 13.4. The van der Waals surface area contributed by atoms with Gasteiger partial charge >= 0.3 is 0 Å². The normalized spacial score (nSPS) is 20.2. The summed E-state index contributed by atoms with van der Waals surface area (Å²) in [6.07, 6.45) is -0.218. The minimum absolute atomic E-state index is 0.00581. The largest absolute Gasteiger partial charge is 0.488 e. The van der Waals surface area contributed by atoms with E-state index in [-0.39, 0.29) is 52.1 Å². The molecule has 0 fully saturated rings. The molecule has 11 heteroatoms. The summed E-state index contributed by atoms with van der Waals surface area (Å²) in [6, 6.07) is 4.18. The molecule has 176 valence electrons. The first-order valence-electron chi connectivity index (χ1n) is 10.4. The van der Waals surface area contributed by atoms with Gasteiger partial charge < -0.3 is 24.6 Å². The number of ether oxygens (including phenoxy) is 1. The summed E-state index contributed by atoms with van der Waals surface area (Å²) in [6.45, 7) is 7.58. The lowest BCUT2D eigenvalue weighted by Gasteiger charge is -2.37. The van der Waals surface area contributed by atoms with E-state index in [2.05, 4.69) is 15.2 Å². The highest BCUT2D eigenvalue weighted by Crippen LogP contribution is 2.31. The summed E-state index contributed by atoms with van der Waals surface area (Å²) in [4.78, 5) is 14.9. The molecule has 1 aromatic carbocycles. The van der Waals surface area contributed by atoms with Crippen LogP contribution in [0.1, 0.15) is 35.7 Å². The van der Waals surface area contributed by atoms with Crippen LogP contribution in [0.25, 0.3) is 0 Å². The molecule has 3 rings (SSSR count). The van der Waals surface area contributed by atoms with E-state index in [9.17, 15) is 18.3 Å². The van der Waals surface area contributed by atoms with Gasteiger partial charge in [0.25, 0.3) is 15.9 Å². The van der Waals surface area contributed by atoms with Crippen molar-refractivity contribution in [3.63, 3.8) is 0 Å². The lowest BCUT2D eigenvalue weighted by atomic mass is 9.99. The van der Waals surface area contributed by atoms with Gasteiger partial charge in [-0.1, -0.05) is 12.1 Å². The van der Waals surface area contributed by atoms with Crippen molar-refractivity contribution in [2.75, 3.05) is 31.5 Å². The van der Waals surface area contributed by atoms with Crippen LogP contribution in [0.2, 0.25) is 0 Å². The maximum Gasteiger partial charge on any atom is 0.267 e. The van der Waals surface area contributed by atoms with Crippen molar-refractivity contribution < 1.29 is 27.6 Å². The second kappa shape index (κ2) is 9.47. The highest BCUT2D eigenvalue weighted by Gasteiger charge is 2.33. The summed E-state index contributed by atoms with van der Waals surface area (Å²) in [5.74, 6) is 0.200. The summed E-state index contributed by atoms with van der Waals surface area (Å²) < 4.78 is 39.4. The number of amides is 1. The minimum atomic E-state index is -3.98. The first-order chi connectivity index (χ1) is 15.1. The first-order valence-corrected chi connectivity index (χ1v) is 11.9. The molecule has 32 heavy (non-hydrogen) atoms. The van der Waals surface area contributed by atoms with Crippen LogP contribution in [0.15, 0.2) is 27.6 Å². The monoisotopic (exact) mass is 466 g/mol. The number of aliphatic hydroxyl groups excluding tert-OH is 1. The summed E-state index contributed by atoms with van der Waals surface area (Å²) >= 11 is 0. The number of nitrogens with one attached hydrogen (secondary N) is 2. The molecule has 0 aliphatic carbocycles. The molecule has 1 aliphatic rings. The second-order valence-electron chi connectivity index (χ2n) is 8.15. The fourth-order valence-electron chi connectivity index (χ4n) is 3.80. The number of aromatic nitrogens is 1. The minimum Gasteiger partial charge on any atom is -0.488 e. The van der Waals surface area contributed by atoms with E-state index >= 15 is 0 Å². The van der Waals surface area contributed by atoms with Gasteiger partial charge in [0.15, 0.2) is 10.7 Å². The van der Waals surface area contributed by atoms with Crippen LogP contribution in [-0.2, 0) is 10.0 Å². The Kier molecular flexibility index (Phi) is 7.11. The molecule has 2 aromatic rings. The van der Waals surface area contributed by atoms with Gasteiger partial charge in [-0.2, -0.15) is 0 Å². The number of hydrogen-bond acceptors (Lipinski definition) is 8. The molecule has 0 radical (unpaired) electrons. The number of rotatable bonds is 7. The summed E-state index contributed by atoms with van der Waals surface area (Å²) in [7, 11) is -2.16. The van der Waals surface area contributed by atoms with Crippen LogP contribution >= 0.6 is 0 Å². The Hall–Kier alpha value is -2.63. The van der Waals surface area contributed by atoms with E-state index in [0.29, 0.717) is 18.8 Å². The Balaban J connectivity index is 2.02. The molecule has 3 atom stereocenters. The molecule has 0 spiro atoms. The Morgan fingerprint density at radius 1 is 1.34 bits per heavy atom. The van der Waals surface area contributed by atoms with Crippen LogP contribution in [0.3, 0.4) is 0 Å². The summed E-state index contributed by atoms with van der Waals surface area (Å²) in [5.41, 5.74) is 0.667. The topological polar surface area (TPSA) is 134 Å². The lowest BCUT2D eigenvalue weighted by molar-refractivity contribution is 0.0416. The Morgan fingerprint density at radius 3 is 2.66 bits per heavy atom. The van der Waals surface area contributed by atoms with Crippen molar-refractivity contribution in [1.29, 1.82) is 0 Å². The number of sulfonamides is 1. The number of likely N-dealkylation sites (N-methyl/N-ethyl adjacent to an activating group) is 1. The predicted octanol–water partition coefficient (Wildman–Crippen LogP) is 1.53. The number of nitrogens with zero attached hydrogens (tertiary/aromatic N) is 2. The van der Waals surface area contributed by atoms with Gasteiger partial charge in [0.2, 0.25) is 0 Å². The second-order valence-corrected chi connectivity index (χ2v) is 9.77. The van der Waals surface area contributed by atoms with Gasteiger partial charge in [-0.15, -0.1) is 0 Å². The molecule has 10 nitrogen and oxygen atoms in total. The Labute approximate surface area is 188 Å². The number of benzene rings is 1. The lowest BCUT2D eigenvalue weighted by Crippen LogP contribution is -2.49. The van der Waals surface area contributed by atoms with Gasteiger partial charge in [0.1, 0.15) is 17.5 Å². The van der Waals surface area contributed by atoms with Gasteiger partial charge in [-0.3, -0.25) is 9.52 Å². The molecule has 0 saturated carbocycles. The molecule has 0 saturated heterocycles. The molecule has 1 amide bonds. The number of hydrogen-bond donors (Lipinski definition) is 3. The zero-order valence-electron chi connectivity index (χ0n) is 18.9. The zero-order chi connectivity index (χ0) is 23.6. The fraction of sp³-hybridized carbons (Fsp3) is 0.524. The molecule has 1 aromatic heterocycles. The van der Waals surface area contributed by atoms with Crippen molar-refractivity contribution in [2.24, 2.45) is 5.92 Å². The van der Waals surface area contributed by atoms with Gasteiger partial charge in [-0.25, -0.2) is 8.42 Å². The SMILES string of the molecule is CNC[C@@H]1Oc2ccc(NS(=O)(=O)c3c(C)noc3C)cc2C(=O)N([C@@H](C)CO)C[C@H]1C. The molecular formula is C21H30N4O6S. The zero-order valence-corrected chi connectivity index (χ0v) is 19.7. The molecule has 0 bridgehead atoms. The molecule has 2 heterocycles. The van der Waals surface area contributed by atoms with E-state index in [1.165, 1.54) is 13.0 Å². The van der Waals surface area contributed by atoms with Crippen molar-refractivity contribution >= 4 is 21.6 Å². The number of anilines is 1. The van der Waals surface area contributed by atoms with Crippen LogP contribution < -0.4 is 14.8 Å². The van der Waals surface area contributed by atoms with Crippen LogP contribution in [0.5, 0.6) is 5.75 Å². The number of carbonyl (C=O) groups excluding carboxylic acids is 1. The van der Waals surface area contributed by atoms with E-state index in [0.717, 1.165) is 0 Å². The first kappa shape index (κ1) is 24.0. The third kappa shape index (κ3) is 4.74. The number of fused-ring (bicyclic) bond motifs is 1. The fourth-order valence-corrected chi connectivity index (χ4v) is 5.18. The van der Waals surface area contributed by atoms with E-state index < -0.39 is 16.1 Å².